The van der Waals surface area contributed by atoms with E-state index < -0.39 is 29.7 Å². The molecule has 0 amide bonds. The number of phenols is 2. The third kappa shape index (κ3) is 3.15. The van der Waals surface area contributed by atoms with Gasteiger partial charge in [0, 0.05) is 13.2 Å². The molecule has 1 atom stereocenters. The Kier molecular flexibility index (Phi) is 5.49. The molecule has 0 saturated carbocycles. The number of hydrogen-bond donors (Lipinski definition) is 2. The van der Waals surface area contributed by atoms with Crippen molar-refractivity contribution in [2.75, 3.05) is 13.2 Å². The van der Waals surface area contributed by atoms with Crippen LogP contribution in [0, 0.1) is 6.92 Å². The molecule has 2 N–H and O–H groups in total. The van der Waals surface area contributed by atoms with E-state index in [4.69, 9.17) is 23.7 Å². The lowest BCUT2D eigenvalue weighted by Gasteiger charge is -2.19. The molecule has 0 radical (unpaired) electrons. The Morgan fingerprint density at radius 2 is 1.78 bits per heavy atom. The number of ether oxygens (including phenoxy) is 5. The number of aldehydes is 1. The zero-order valence-corrected chi connectivity index (χ0v) is 17.5. The Hall–Kier alpha value is -3.63. The van der Waals surface area contributed by atoms with Crippen LogP contribution in [0.3, 0.4) is 0 Å². The van der Waals surface area contributed by atoms with Gasteiger partial charge in [-0.05, 0) is 32.4 Å². The highest BCUT2D eigenvalue weighted by molar-refractivity contribution is 6.03. The van der Waals surface area contributed by atoms with E-state index in [0.29, 0.717) is 11.8 Å². The number of benzene rings is 2. The van der Waals surface area contributed by atoms with Gasteiger partial charge in [-0.25, -0.2) is 9.59 Å². The summed E-state index contributed by atoms with van der Waals surface area (Å²) in [5, 5.41) is 21.1. The maximum Gasteiger partial charge on any atom is 0.347 e. The second kappa shape index (κ2) is 8.13. The highest BCUT2D eigenvalue weighted by atomic mass is 16.7. The van der Waals surface area contributed by atoms with Crippen molar-refractivity contribution in [2.45, 2.75) is 33.7 Å². The first-order valence-corrected chi connectivity index (χ1v) is 9.87. The molecule has 168 valence electrons. The van der Waals surface area contributed by atoms with Gasteiger partial charge in [0.2, 0.25) is 6.29 Å². The van der Waals surface area contributed by atoms with E-state index in [9.17, 15) is 24.6 Å². The molecule has 0 fully saturated rings. The molecule has 10 heteroatoms. The fourth-order valence-electron chi connectivity index (χ4n) is 3.73. The van der Waals surface area contributed by atoms with E-state index in [1.54, 1.807) is 13.8 Å². The molecule has 1 unspecified atom stereocenters. The minimum Gasteiger partial charge on any atom is -0.507 e. The topological polar surface area (TPSA) is 138 Å². The molecular formula is C22H20O10. The number of aryl methyl sites for hydroxylation is 1. The van der Waals surface area contributed by atoms with E-state index in [1.807, 2.05) is 0 Å². The Morgan fingerprint density at radius 3 is 2.44 bits per heavy atom. The Morgan fingerprint density at radius 1 is 1.03 bits per heavy atom. The number of fused-ring (bicyclic) bond motifs is 4. The van der Waals surface area contributed by atoms with Crippen LogP contribution in [0.1, 0.15) is 67.9 Å². The fraction of sp³-hybridized carbons (Fsp3) is 0.318. The largest absolute Gasteiger partial charge is 0.507 e. The van der Waals surface area contributed by atoms with Gasteiger partial charge in [-0.2, -0.15) is 0 Å². The number of rotatable bonds is 6. The SMILES string of the molecule is CCOCc1c(O)c2c(c3c1OC(=O)c1c(C)cc(O)c(C=O)c1O3)C(OCC)OC2=O. The van der Waals surface area contributed by atoms with Gasteiger partial charge in [0.05, 0.1) is 23.3 Å². The van der Waals surface area contributed by atoms with Crippen LogP contribution in [0.15, 0.2) is 6.07 Å². The van der Waals surface area contributed by atoms with Crippen molar-refractivity contribution in [3.05, 3.63) is 39.4 Å². The number of carbonyl (C=O) groups is 3. The van der Waals surface area contributed by atoms with Crippen LogP contribution in [0.5, 0.6) is 28.7 Å². The van der Waals surface area contributed by atoms with Gasteiger partial charge in [0.15, 0.2) is 23.5 Å². The summed E-state index contributed by atoms with van der Waals surface area (Å²) in [6.45, 7) is 5.16. The predicted octanol–water partition coefficient (Wildman–Crippen LogP) is 3.29. The standard InChI is InChI=1S/C22H20O10/c1-4-28-8-11-16(25)14-15(22(29-5-2)32-21(14)27)19-18(11)31-20(26)13-9(3)6-12(24)10(7-23)17(13)30-19/h6-7,22,24-25H,4-5,8H2,1-3H3. The van der Waals surface area contributed by atoms with Crippen molar-refractivity contribution in [1.29, 1.82) is 0 Å². The van der Waals surface area contributed by atoms with Crippen LogP contribution in [0.25, 0.3) is 0 Å². The van der Waals surface area contributed by atoms with Gasteiger partial charge in [-0.15, -0.1) is 0 Å². The summed E-state index contributed by atoms with van der Waals surface area (Å²) in [5.41, 5.74) is -0.298. The number of cyclic esters (lactones) is 1. The van der Waals surface area contributed by atoms with Crippen LogP contribution < -0.4 is 9.47 Å². The number of carbonyl (C=O) groups excluding carboxylic acids is 3. The summed E-state index contributed by atoms with van der Waals surface area (Å²) < 4.78 is 27.7. The molecule has 0 bridgehead atoms. The molecule has 2 aromatic carbocycles. The van der Waals surface area contributed by atoms with E-state index in [0.717, 1.165) is 0 Å². The molecule has 2 aromatic rings. The van der Waals surface area contributed by atoms with E-state index in [-0.39, 0.29) is 64.9 Å². The zero-order chi connectivity index (χ0) is 23.2. The van der Waals surface area contributed by atoms with Gasteiger partial charge in [-0.1, -0.05) is 0 Å². The first-order chi connectivity index (χ1) is 15.3. The van der Waals surface area contributed by atoms with Crippen LogP contribution in [0.4, 0.5) is 0 Å². The van der Waals surface area contributed by atoms with Crippen LogP contribution >= 0.6 is 0 Å². The van der Waals surface area contributed by atoms with Gasteiger partial charge in [0.1, 0.15) is 22.6 Å². The van der Waals surface area contributed by atoms with Crippen LogP contribution in [0.2, 0.25) is 0 Å². The minimum atomic E-state index is -1.25. The zero-order valence-electron chi connectivity index (χ0n) is 17.5. The molecule has 10 nitrogen and oxygen atoms in total. The molecule has 2 heterocycles. The molecule has 0 aliphatic carbocycles. The van der Waals surface area contributed by atoms with Crippen molar-refractivity contribution in [3.8, 4) is 28.7 Å². The minimum absolute atomic E-state index is 0.00286. The van der Waals surface area contributed by atoms with E-state index in [2.05, 4.69) is 0 Å². The van der Waals surface area contributed by atoms with Crippen molar-refractivity contribution < 1.29 is 48.3 Å². The van der Waals surface area contributed by atoms with Crippen LogP contribution in [-0.4, -0.2) is 41.7 Å². The summed E-state index contributed by atoms with van der Waals surface area (Å²) >= 11 is 0. The fourth-order valence-corrected chi connectivity index (χ4v) is 3.73. The third-order valence-corrected chi connectivity index (χ3v) is 5.16. The van der Waals surface area contributed by atoms with Crippen molar-refractivity contribution >= 4 is 18.2 Å². The average molecular weight is 444 g/mol. The summed E-state index contributed by atoms with van der Waals surface area (Å²) in [7, 11) is 0. The number of esters is 2. The average Bonchev–Trinajstić information content (AvgIpc) is 2.97. The van der Waals surface area contributed by atoms with E-state index in [1.165, 1.54) is 13.0 Å². The molecule has 2 aliphatic heterocycles. The van der Waals surface area contributed by atoms with Crippen molar-refractivity contribution in [3.63, 3.8) is 0 Å². The van der Waals surface area contributed by atoms with Crippen LogP contribution in [-0.2, 0) is 20.8 Å². The number of hydrogen-bond acceptors (Lipinski definition) is 10. The number of phenolic OH excluding ortho intramolecular Hbond substituents is 2. The summed E-state index contributed by atoms with van der Waals surface area (Å²) in [6.07, 6.45) is -0.906. The van der Waals surface area contributed by atoms with Crippen molar-refractivity contribution in [2.24, 2.45) is 0 Å². The van der Waals surface area contributed by atoms with Gasteiger partial charge >= 0.3 is 11.9 Å². The normalized spacial score (nSPS) is 16.3. The smallest absolute Gasteiger partial charge is 0.347 e. The molecule has 2 aliphatic rings. The second-order valence-corrected chi connectivity index (χ2v) is 7.04. The first-order valence-electron chi connectivity index (χ1n) is 9.87. The maximum absolute atomic E-state index is 13.0. The number of aromatic hydroxyl groups is 2. The Bertz CT molecular complexity index is 1150. The predicted molar refractivity (Wildman–Crippen MR) is 106 cm³/mol. The highest BCUT2D eigenvalue weighted by Crippen LogP contribution is 2.54. The van der Waals surface area contributed by atoms with Gasteiger partial charge in [0.25, 0.3) is 0 Å². The maximum atomic E-state index is 13.0. The lowest BCUT2D eigenvalue weighted by molar-refractivity contribution is -0.0999. The highest BCUT2D eigenvalue weighted by Gasteiger charge is 2.44. The molecular weight excluding hydrogens is 424 g/mol. The quantitative estimate of drug-likeness (QED) is 0.388. The third-order valence-electron chi connectivity index (χ3n) is 5.16. The Balaban J connectivity index is 2.06. The molecule has 0 saturated heterocycles. The summed E-state index contributed by atoms with van der Waals surface area (Å²) in [5.74, 6) is -3.23. The lowest BCUT2D eigenvalue weighted by atomic mass is 10.0. The van der Waals surface area contributed by atoms with Gasteiger partial charge in [-0.3, -0.25) is 4.79 Å². The molecule has 0 aromatic heterocycles. The summed E-state index contributed by atoms with van der Waals surface area (Å²) in [4.78, 5) is 37.3. The van der Waals surface area contributed by atoms with E-state index >= 15 is 0 Å². The Labute approximate surface area is 182 Å². The first kappa shape index (κ1) is 21.6. The molecule has 4 rings (SSSR count). The van der Waals surface area contributed by atoms with Gasteiger partial charge < -0.3 is 33.9 Å². The second-order valence-electron chi connectivity index (χ2n) is 7.04. The lowest BCUT2D eigenvalue weighted by Crippen LogP contribution is -2.12. The molecule has 0 spiro atoms. The monoisotopic (exact) mass is 444 g/mol. The molecule has 32 heavy (non-hydrogen) atoms. The van der Waals surface area contributed by atoms with Crippen molar-refractivity contribution in [1.82, 2.24) is 0 Å². The summed E-state index contributed by atoms with van der Waals surface area (Å²) in [6, 6.07) is 1.24.